The molecule has 0 unspecified atom stereocenters. The third-order valence-electron chi connectivity index (χ3n) is 3.15. The van der Waals surface area contributed by atoms with E-state index in [1.165, 1.54) is 0 Å². The molecule has 1 aliphatic heterocycles. The fourth-order valence-corrected chi connectivity index (χ4v) is 2.11. The van der Waals surface area contributed by atoms with E-state index in [-0.39, 0.29) is 12.2 Å². The first-order valence-corrected chi connectivity index (χ1v) is 6.63. The summed E-state index contributed by atoms with van der Waals surface area (Å²) in [6.07, 6.45) is 1.56. The van der Waals surface area contributed by atoms with Crippen LogP contribution in [0.3, 0.4) is 0 Å². The van der Waals surface area contributed by atoms with Gasteiger partial charge in [-0.15, -0.1) is 0 Å². The Morgan fingerprint density at radius 2 is 1.95 bits per heavy atom. The number of rotatable bonds is 3. The van der Waals surface area contributed by atoms with Gasteiger partial charge in [0.25, 0.3) is 0 Å². The molecule has 2 N–H and O–H groups in total. The van der Waals surface area contributed by atoms with Crippen LogP contribution in [0.4, 0.5) is 10.5 Å². The van der Waals surface area contributed by atoms with Crippen molar-refractivity contribution < 1.29 is 14.3 Å². The minimum Gasteiger partial charge on any atom is -0.490 e. The maximum Gasteiger partial charge on any atom is 0.409 e. The van der Waals surface area contributed by atoms with Gasteiger partial charge in [-0.3, -0.25) is 0 Å². The lowest BCUT2D eigenvalue weighted by atomic mass is 10.1. The molecule has 0 aliphatic carbocycles. The van der Waals surface area contributed by atoms with Gasteiger partial charge < -0.3 is 20.1 Å². The Labute approximate surface area is 113 Å². The smallest absolute Gasteiger partial charge is 0.409 e. The zero-order valence-electron chi connectivity index (χ0n) is 11.2. The second kappa shape index (κ2) is 6.31. The van der Waals surface area contributed by atoms with Crippen molar-refractivity contribution in [2.45, 2.75) is 25.9 Å². The van der Waals surface area contributed by atoms with E-state index < -0.39 is 0 Å². The number of nitrogens with zero attached hydrogens (tertiary/aromatic N) is 1. The number of amides is 1. The first-order chi connectivity index (χ1) is 9.19. The molecule has 1 heterocycles. The molecule has 2 rings (SSSR count). The summed E-state index contributed by atoms with van der Waals surface area (Å²) in [5, 5.41) is 0. The standard InChI is InChI=1S/C14H20N2O3/c1-2-18-14(17)16-9-7-13(8-10-16)19-12-5-3-11(15)4-6-12/h3-6,13H,2,7-10,15H2,1H3. The molecule has 5 nitrogen and oxygen atoms in total. The van der Waals surface area contributed by atoms with Crippen LogP contribution >= 0.6 is 0 Å². The topological polar surface area (TPSA) is 64.8 Å². The van der Waals surface area contributed by atoms with Crippen molar-refractivity contribution in [1.82, 2.24) is 4.90 Å². The summed E-state index contributed by atoms with van der Waals surface area (Å²) in [5.74, 6) is 0.823. The van der Waals surface area contributed by atoms with E-state index in [2.05, 4.69) is 0 Å². The number of hydrogen-bond acceptors (Lipinski definition) is 4. The van der Waals surface area contributed by atoms with Gasteiger partial charge >= 0.3 is 6.09 Å². The molecule has 0 radical (unpaired) electrons. The number of carbonyl (C=O) groups is 1. The normalized spacial score (nSPS) is 16.2. The molecule has 0 atom stereocenters. The molecule has 1 fully saturated rings. The van der Waals surface area contributed by atoms with Gasteiger partial charge in [0.05, 0.1) is 6.61 Å². The van der Waals surface area contributed by atoms with E-state index in [9.17, 15) is 4.79 Å². The molecular formula is C14H20N2O3. The van der Waals surface area contributed by atoms with Crippen molar-refractivity contribution in [3.05, 3.63) is 24.3 Å². The fraction of sp³-hybridized carbons (Fsp3) is 0.500. The molecule has 0 bridgehead atoms. The minimum absolute atomic E-state index is 0.148. The Morgan fingerprint density at radius 3 is 2.53 bits per heavy atom. The Bertz CT molecular complexity index is 411. The van der Waals surface area contributed by atoms with Crippen molar-refractivity contribution in [3.63, 3.8) is 0 Å². The van der Waals surface area contributed by atoms with Gasteiger partial charge in [0.1, 0.15) is 11.9 Å². The van der Waals surface area contributed by atoms with E-state index in [0.29, 0.717) is 19.7 Å². The number of anilines is 1. The van der Waals surface area contributed by atoms with Crippen molar-refractivity contribution >= 4 is 11.8 Å². The van der Waals surface area contributed by atoms with Crippen LogP contribution in [-0.2, 0) is 4.74 Å². The Balaban J connectivity index is 1.80. The molecule has 1 saturated heterocycles. The van der Waals surface area contributed by atoms with Crippen LogP contribution in [0.15, 0.2) is 24.3 Å². The van der Waals surface area contributed by atoms with Crippen LogP contribution in [-0.4, -0.2) is 36.8 Å². The van der Waals surface area contributed by atoms with Crippen LogP contribution in [0.5, 0.6) is 5.75 Å². The predicted octanol–water partition coefficient (Wildman–Crippen LogP) is 2.27. The average Bonchev–Trinajstić information content (AvgIpc) is 2.42. The number of likely N-dealkylation sites (tertiary alicyclic amines) is 1. The van der Waals surface area contributed by atoms with Gasteiger partial charge in [-0.05, 0) is 31.2 Å². The molecule has 0 saturated carbocycles. The summed E-state index contributed by atoms with van der Waals surface area (Å²) in [4.78, 5) is 13.3. The number of ether oxygens (including phenoxy) is 2. The average molecular weight is 264 g/mol. The summed E-state index contributed by atoms with van der Waals surface area (Å²) < 4.78 is 10.8. The molecule has 1 aliphatic rings. The summed E-state index contributed by atoms with van der Waals surface area (Å²) in [5.41, 5.74) is 6.35. The van der Waals surface area contributed by atoms with Crippen molar-refractivity contribution in [2.24, 2.45) is 0 Å². The van der Waals surface area contributed by atoms with Gasteiger partial charge in [-0.1, -0.05) is 0 Å². The second-order valence-electron chi connectivity index (χ2n) is 4.57. The molecule has 19 heavy (non-hydrogen) atoms. The Hall–Kier alpha value is -1.91. The van der Waals surface area contributed by atoms with Gasteiger partial charge in [-0.25, -0.2) is 4.79 Å². The van der Waals surface area contributed by atoms with Crippen LogP contribution < -0.4 is 10.5 Å². The fourth-order valence-electron chi connectivity index (χ4n) is 2.11. The lowest BCUT2D eigenvalue weighted by Gasteiger charge is -2.31. The molecule has 5 heteroatoms. The van der Waals surface area contributed by atoms with E-state index >= 15 is 0 Å². The van der Waals surface area contributed by atoms with Gasteiger partial charge in [-0.2, -0.15) is 0 Å². The predicted molar refractivity (Wildman–Crippen MR) is 73.1 cm³/mol. The van der Waals surface area contributed by atoms with Crippen molar-refractivity contribution in [2.75, 3.05) is 25.4 Å². The van der Waals surface area contributed by atoms with Crippen molar-refractivity contribution in [3.8, 4) is 5.75 Å². The molecular weight excluding hydrogens is 244 g/mol. The molecule has 1 aromatic carbocycles. The zero-order chi connectivity index (χ0) is 13.7. The summed E-state index contributed by atoms with van der Waals surface area (Å²) in [7, 11) is 0. The van der Waals surface area contributed by atoms with Crippen molar-refractivity contribution in [1.29, 1.82) is 0 Å². The summed E-state index contributed by atoms with van der Waals surface area (Å²) in [6, 6.07) is 7.38. The van der Waals surface area contributed by atoms with Crippen LogP contribution in [0.25, 0.3) is 0 Å². The molecule has 104 valence electrons. The highest BCUT2D eigenvalue weighted by Gasteiger charge is 2.24. The minimum atomic E-state index is -0.228. The number of hydrogen-bond donors (Lipinski definition) is 1. The number of carbonyl (C=O) groups excluding carboxylic acids is 1. The van der Waals surface area contributed by atoms with E-state index in [4.69, 9.17) is 15.2 Å². The number of nitrogens with two attached hydrogens (primary N) is 1. The number of piperidine rings is 1. The third-order valence-corrected chi connectivity index (χ3v) is 3.15. The molecule has 0 aromatic heterocycles. The lowest BCUT2D eigenvalue weighted by molar-refractivity contribution is 0.0703. The van der Waals surface area contributed by atoms with Crippen LogP contribution in [0.2, 0.25) is 0 Å². The van der Waals surface area contributed by atoms with E-state index in [1.54, 1.807) is 4.90 Å². The van der Waals surface area contributed by atoms with Crippen LogP contribution in [0, 0.1) is 0 Å². The van der Waals surface area contributed by atoms with Gasteiger partial charge in [0, 0.05) is 31.6 Å². The molecule has 1 aromatic rings. The zero-order valence-corrected chi connectivity index (χ0v) is 11.2. The summed E-state index contributed by atoms with van der Waals surface area (Å²) in [6.45, 7) is 3.59. The Morgan fingerprint density at radius 1 is 1.32 bits per heavy atom. The third kappa shape index (κ3) is 3.77. The van der Waals surface area contributed by atoms with Gasteiger partial charge in [0.15, 0.2) is 0 Å². The first kappa shape index (κ1) is 13.5. The molecule has 0 spiro atoms. The summed E-state index contributed by atoms with van der Waals surface area (Å²) >= 11 is 0. The molecule has 1 amide bonds. The highest BCUT2D eigenvalue weighted by atomic mass is 16.6. The largest absolute Gasteiger partial charge is 0.490 e. The number of benzene rings is 1. The van der Waals surface area contributed by atoms with E-state index in [0.717, 1.165) is 24.3 Å². The highest BCUT2D eigenvalue weighted by molar-refractivity contribution is 5.67. The quantitative estimate of drug-likeness (QED) is 0.850. The highest BCUT2D eigenvalue weighted by Crippen LogP contribution is 2.20. The first-order valence-electron chi connectivity index (χ1n) is 6.63. The van der Waals surface area contributed by atoms with E-state index in [1.807, 2.05) is 31.2 Å². The SMILES string of the molecule is CCOC(=O)N1CCC(Oc2ccc(N)cc2)CC1. The maximum absolute atomic E-state index is 11.5. The second-order valence-corrected chi connectivity index (χ2v) is 4.57. The number of nitrogen functional groups attached to an aromatic ring is 1. The monoisotopic (exact) mass is 264 g/mol. The maximum atomic E-state index is 11.5. The van der Waals surface area contributed by atoms with Crippen LogP contribution in [0.1, 0.15) is 19.8 Å². The Kier molecular flexibility index (Phi) is 4.49. The lowest BCUT2D eigenvalue weighted by Crippen LogP contribution is -2.42. The van der Waals surface area contributed by atoms with Gasteiger partial charge in [0.2, 0.25) is 0 Å².